The maximum Gasteiger partial charge on any atom is 0.154 e. The summed E-state index contributed by atoms with van der Waals surface area (Å²) in [4.78, 5) is 12.9. The lowest BCUT2D eigenvalue weighted by Gasteiger charge is -2.20. The van der Waals surface area contributed by atoms with Gasteiger partial charge in [-0.3, -0.25) is 9.98 Å². The monoisotopic (exact) mass is 862 g/mol. The molecule has 7 aromatic carbocycles. The third-order valence-corrected chi connectivity index (χ3v) is 12.8. The van der Waals surface area contributed by atoms with Crippen molar-refractivity contribution in [3.05, 3.63) is 237 Å². The van der Waals surface area contributed by atoms with Gasteiger partial charge < -0.3 is 0 Å². The summed E-state index contributed by atoms with van der Waals surface area (Å²) in [5, 5.41) is 0. The standard InChI is InChI=1S/C23H24.C22H18N2.C16H15N.C2H6/c1-5-19-18(4)22(20-12-8-6-10-16(20)2)14-15-23(19)21-13-9-7-11-17(21)3;1-23-22(24-15-16-8-3-2-4-9-16)20-13-7-12-19-18-11-6-5-10-17(18)14-21(19)20;1-11-6-7-12-9-16-13(10-17-2)4-3-5-14(16)15(12)8-11;1-2/h5-6,8,10-15H,1,7,9H2,2-4H3;2-13H,1,14-15H2;3-8H,2,9-10H2,1H3;1-2H3. The number of aliphatic imine (C=N–C) groups is 3. The van der Waals surface area contributed by atoms with Gasteiger partial charge in [-0.25, -0.2) is 4.99 Å². The molecule has 0 N–H and O–H groups in total. The molecular formula is C63H63N3. The van der Waals surface area contributed by atoms with E-state index in [0.717, 1.165) is 43.6 Å². The van der Waals surface area contributed by atoms with Crippen LogP contribution in [0.25, 0.3) is 45.0 Å². The van der Waals surface area contributed by atoms with Gasteiger partial charge in [0.2, 0.25) is 0 Å². The number of hydrogen-bond acceptors (Lipinski definition) is 2. The molecule has 0 heterocycles. The van der Waals surface area contributed by atoms with E-state index < -0.39 is 0 Å². The zero-order valence-corrected chi connectivity index (χ0v) is 39.8. The maximum absolute atomic E-state index is 4.71. The van der Waals surface area contributed by atoms with Crippen LogP contribution in [0.15, 0.2) is 185 Å². The number of amidine groups is 1. The molecular weight excluding hydrogens is 799 g/mol. The normalized spacial score (nSPS) is 12.7. The van der Waals surface area contributed by atoms with Gasteiger partial charge in [-0.2, -0.15) is 0 Å². The summed E-state index contributed by atoms with van der Waals surface area (Å²) in [7, 11) is 0. The highest BCUT2D eigenvalue weighted by atomic mass is 14.9. The van der Waals surface area contributed by atoms with Gasteiger partial charge in [0.15, 0.2) is 5.84 Å². The third kappa shape index (κ3) is 10.2. The second-order valence-electron chi connectivity index (χ2n) is 16.9. The first kappa shape index (κ1) is 46.8. The number of nitrogens with zero attached hydrogens (tertiary/aromatic N) is 3. The average molecular weight is 862 g/mol. The van der Waals surface area contributed by atoms with Gasteiger partial charge in [0, 0.05) is 5.56 Å². The zero-order valence-electron chi connectivity index (χ0n) is 39.8. The Kier molecular flexibility index (Phi) is 15.7. The third-order valence-electron chi connectivity index (χ3n) is 12.8. The van der Waals surface area contributed by atoms with E-state index in [0.29, 0.717) is 6.54 Å². The Hall–Kier alpha value is -7.23. The van der Waals surface area contributed by atoms with Crippen molar-refractivity contribution in [2.75, 3.05) is 0 Å². The van der Waals surface area contributed by atoms with Crippen LogP contribution in [0.2, 0.25) is 0 Å². The van der Waals surface area contributed by atoms with Crippen molar-refractivity contribution in [2.45, 2.75) is 80.3 Å². The van der Waals surface area contributed by atoms with Crippen LogP contribution in [0.5, 0.6) is 0 Å². The molecule has 0 aliphatic heterocycles. The van der Waals surface area contributed by atoms with E-state index in [4.69, 9.17) is 4.99 Å². The van der Waals surface area contributed by atoms with Gasteiger partial charge in [0.25, 0.3) is 0 Å². The van der Waals surface area contributed by atoms with Crippen molar-refractivity contribution in [3.8, 4) is 33.4 Å². The van der Waals surface area contributed by atoms with Crippen LogP contribution >= 0.6 is 0 Å². The number of aryl methyl sites for hydroxylation is 2. The summed E-state index contributed by atoms with van der Waals surface area (Å²) in [6.45, 7) is 25.5. The molecule has 330 valence electrons. The fourth-order valence-electron chi connectivity index (χ4n) is 9.50. The molecule has 66 heavy (non-hydrogen) atoms. The number of rotatable bonds is 8. The smallest absolute Gasteiger partial charge is 0.154 e. The first-order valence-corrected chi connectivity index (χ1v) is 23.4. The Bertz CT molecular complexity index is 2980. The lowest BCUT2D eigenvalue weighted by atomic mass is 9.85. The molecule has 0 aromatic heterocycles. The SMILES string of the molecule is C=Cc1c(C2=CCCC=C2C)ccc(-c2ccccc2C)c1C.C=NC(=NCc1ccccc1)c1cccc2c1Cc1ccccc1-2.C=NCc1cccc2c1Cc1ccc(C)cc1-2.CC. The highest BCUT2D eigenvalue weighted by molar-refractivity contribution is 6.04. The minimum atomic E-state index is 0.617. The molecule has 0 saturated carbocycles. The predicted molar refractivity (Wildman–Crippen MR) is 287 cm³/mol. The molecule has 0 spiro atoms. The summed E-state index contributed by atoms with van der Waals surface area (Å²) >= 11 is 0. The Morgan fingerprint density at radius 1 is 0.561 bits per heavy atom. The van der Waals surface area contributed by atoms with Crippen LogP contribution in [-0.4, -0.2) is 19.3 Å². The highest BCUT2D eigenvalue weighted by Crippen LogP contribution is 2.41. The summed E-state index contributed by atoms with van der Waals surface area (Å²) in [6.07, 6.45) is 11.0. The minimum Gasteiger partial charge on any atom is -0.296 e. The molecule has 0 radical (unpaired) electrons. The minimum absolute atomic E-state index is 0.617. The maximum atomic E-state index is 4.71. The topological polar surface area (TPSA) is 37.1 Å². The fourth-order valence-corrected chi connectivity index (χ4v) is 9.50. The molecule has 0 unspecified atom stereocenters. The van der Waals surface area contributed by atoms with Gasteiger partial charge in [0.1, 0.15) is 0 Å². The molecule has 0 amide bonds. The molecule has 7 aromatic rings. The fraction of sp³-hybridized carbons (Fsp3) is 0.190. The molecule has 3 aliphatic carbocycles. The Labute approximate surface area is 394 Å². The van der Waals surface area contributed by atoms with Crippen LogP contribution in [0.3, 0.4) is 0 Å². The second kappa shape index (κ2) is 22.1. The quantitative estimate of drug-likeness (QED) is 0.108. The van der Waals surface area contributed by atoms with E-state index in [1.165, 1.54) is 106 Å². The van der Waals surface area contributed by atoms with E-state index in [-0.39, 0.29) is 0 Å². The first-order chi connectivity index (χ1) is 32.3. The Balaban J connectivity index is 0.000000146. The molecule has 0 saturated heterocycles. The van der Waals surface area contributed by atoms with Gasteiger partial charge in [-0.05, 0) is 167 Å². The molecule has 0 fully saturated rings. The largest absolute Gasteiger partial charge is 0.296 e. The lowest BCUT2D eigenvalue weighted by Crippen LogP contribution is -2.02. The Morgan fingerprint density at radius 3 is 1.92 bits per heavy atom. The predicted octanol–water partition coefficient (Wildman–Crippen LogP) is 16.4. The zero-order chi connectivity index (χ0) is 46.6. The summed E-state index contributed by atoms with van der Waals surface area (Å²) in [5.41, 5.74) is 26.4. The van der Waals surface area contributed by atoms with E-state index >= 15 is 0 Å². The number of benzene rings is 7. The molecule has 10 rings (SSSR count). The van der Waals surface area contributed by atoms with E-state index in [1.54, 1.807) is 0 Å². The Morgan fingerprint density at radius 2 is 1.20 bits per heavy atom. The number of allylic oxidation sites excluding steroid dienone is 4. The van der Waals surface area contributed by atoms with Gasteiger partial charge >= 0.3 is 0 Å². The van der Waals surface area contributed by atoms with Crippen molar-refractivity contribution in [3.63, 3.8) is 0 Å². The van der Waals surface area contributed by atoms with E-state index in [9.17, 15) is 0 Å². The number of fused-ring (bicyclic) bond motifs is 6. The average Bonchev–Trinajstić information content (AvgIpc) is 3.93. The van der Waals surface area contributed by atoms with Crippen molar-refractivity contribution in [1.82, 2.24) is 0 Å². The summed E-state index contributed by atoms with van der Waals surface area (Å²) < 4.78 is 0. The van der Waals surface area contributed by atoms with Crippen LogP contribution in [-0.2, 0) is 25.9 Å². The van der Waals surface area contributed by atoms with Crippen LogP contribution in [0.4, 0.5) is 0 Å². The van der Waals surface area contributed by atoms with E-state index in [1.807, 2.05) is 38.1 Å². The van der Waals surface area contributed by atoms with Gasteiger partial charge in [-0.15, -0.1) is 0 Å². The van der Waals surface area contributed by atoms with Crippen molar-refractivity contribution in [2.24, 2.45) is 15.0 Å². The summed E-state index contributed by atoms with van der Waals surface area (Å²) in [6, 6.07) is 51.5. The van der Waals surface area contributed by atoms with Crippen molar-refractivity contribution < 1.29 is 0 Å². The highest BCUT2D eigenvalue weighted by Gasteiger charge is 2.23. The molecule has 0 bridgehead atoms. The lowest BCUT2D eigenvalue weighted by molar-refractivity contribution is 1.02. The molecule has 3 nitrogen and oxygen atoms in total. The summed E-state index contributed by atoms with van der Waals surface area (Å²) in [5.74, 6) is 0.725. The molecule has 3 heteroatoms. The first-order valence-electron chi connectivity index (χ1n) is 23.4. The number of hydrogen-bond donors (Lipinski definition) is 0. The second-order valence-corrected chi connectivity index (χ2v) is 16.9. The molecule has 0 atom stereocenters. The van der Waals surface area contributed by atoms with Crippen LogP contribution < -0.4 is 0 Å². The van der Waals surface area contributed by atoms with Crippen LogP contribution in [0.1, 0.15) is 100 Å². The van der Waals surface area contributed by atoms with Gasteiger partial charge in [-0.1, -0.05) is 190 Å². The van der Waals surface area contributed by atoms with Crippen molar-refractivity contribution >= 4 is 30.9 Å². The van der Waals surface area contributed by atoms with Crippen molar-refractivity contribution in [1.29, 1.82) is 0 Å². The molecule has 3 aliphatic rings. The van der Waals surface area contributed by atoms with Gasteiger partial charge in [0.05, 0.1) is 13.1 Å². The van der Waals surface area contributed by atoms with Crippen LogP contribution in [0, 0.1) is 20.8 Å². The van der Waals surface area contributed by atoms with E-state index in [2.05, 4.69) is 197 Å².